The van der Waals surface area contributed by atoms with Crippen LogP contribution in [-0.4, -0.2) is 142 Å². The number of ether oxygens (including phenoxy) is 6. The van der Waals surface area contributed by atoms with Crippen LogP contribution in [-0.2, 0) is 33.2 Å². The number of allylic oxidation sites excluding steroid dienone is 6. The van der Waals surface area contributed by atoms with Crippen LogP contribution in [0.4, 0.5) is 0 Å². The topological polar surface area (TPSA) is 214 Å². The van der Waals surface area contributed by atoms with Crippen LogP contribution in [0.3, 0.4) is 0 Å². The smallest absolute Gasteiger partial charge is 0.306 e. The summed E-state index contributed by atoms with van der Waals surface area (Å²) >= 11 is 0. The monoisotopic (exact) mass is 957 g/mol. The lowest BCUT2D eigenvalue weighted by molar-refractivity contribution is -0.332. The molecular weight excluding hydrogens is 861 g/mol. The van der Waals surface area contributed by atoms with E-state index in [0.29, 0.717) is 13.0 Å². The number of rotatable bonds is 42. The highest BCUT2D eigenvalue weighted by Gasteiger charge is 2.47. The molecule has 67 heavy (non-hydrogen) atoms. The maximum absolute atomic E-state index is 13.0. The van der Waals surface area contributed by atoms with Crippen molar-refractivity contribution in [3.63, 3.8) is 0 Å². The van der Waals surface area contributed by atoms with E-state index < -0.39 is 80.7 Å². The summed E-state index contributed by atoms with van der Waals surface area (Å²) in [6.07, 6.45) is 29.4. The van der Waals surface area contributed by atoms with Gasteiger partial charge >= 0.3 is 5.97 Å². The number of hydrogen-bond donors (Lipinski definition) is 7. The molecule has 0 amide bonds. The molecule has 392 valence electrons. The predicted octanol–water partition coefficient (Wildman–Crippen LogP) is 8.19. The van der Waals surface area contributed by atoms with E-state index in [0.717, 1.165) is 57.8 Å². The third-order valence-corrected chi connectivity index (χ3v) is 12.7. The summed E-state index contributed by atoms with van der Waals surface area (Å²) in [4.78, 5) is 13.0. The fourth-order valence-electron chi connectivity index (χ4n) is 8.29. The van der Waals surface area contributed by atoms with Crippen molar-refractivity contribution in [3.8, 4) is 0 Å². The molecule has 2 saturated heterocycles. The number of esters is 1. The maximum Gasteiger partial charge on any atom is 0.306 e. The van der Waals surface area contributed by atoms with Crippen LogP contribution in [0, 0.1) is 0 Å². The van der Waals surface area contributed by atoms with Crippen LogP contribution < -0.4 is 0 Å². The molecule has 2 aliphatic heterocycles. The van der Waals surface area contributed by atoms with Gasteiger partial charge in [0.25, 0.3) is 0 Å². The first-order valence-corrected chi connectivity index (χ1v) is 26.6. The van der Waals surface area contributed by atoms with E-state index in [2.05, 4.69) is 50.3 Å². The van der Waals surface area contributed by atoms with Crippen molar-refractivity contribution in [2.24, 2.45) is 0 Å². The Kier molecular flexibility index (Phi) is 37.4. The standard InChI is InChI=1S/C53H96O14/c1-3-5-7-9-11-13-14-15-16-17-18-19-20-21-22-23-24-25-26-27-28-29-30-32-34-36-45(55)65-42(39-62-37-35-33-31-12-10-8-6-4-2)40-63-52-51(61)49(59)47(57)44(67-52)41-64-53-50(60)48(58)46(56)43(38-54)66-53/h14-15,17-18,20-21,42-44,46-54,56-61H,3-13,16,19,22-41H2,1-2H3/b15-14-,18-17-,21-20-. The summed E-state index contributed by atoms with van der Waals surface area (Å²) in [5.41, 5.74) is 0. The zero-order valence-electron chi connectivity index (χ0n) is 41.6. The lowest BCUT2D eigenvalue weighted by Gasteiger charge is -2.42. The summed E-state index contributed by atoms with van der Waals surface area (Å²) in [6, 6.07) is 0. The summed E-state index contributed by atoms with van der Waals surface area (Å²) in [7, 11) is 0. The lowest BCUT2D eigenvalue weighted by Crippen LogP contribution is -2.61. The molecule has 2 fully saturated rings. The number of carbonyl (C=O) groups is 1. The Balaban J connectivity index is 1.67. The first-order chi connectivity index (χ1) is 32.6. The Labute approximate surface area is 404 Å². The Morgan fingerprint density at radius 3 is 1.45 bits per heavy atom. The molecule has 0 saturated carbocycles. The highest BCUT2D eigenvalue weighted by molar-refractivity contribution is 5.69. The first-order valence-electron chi connectivity index (χ1n) is 26.6. The van der Waals surface area contributed by atoms with Crippen molar-refractivity contribution in [2.75, 3.05) is 33.0 Å². The Bertz CT molecular complexity index is 1250. The molecule has 0 radical (unpaired) electrons. The lowest BCUT2D eigenvalue weighted by atomic mass is 9.98. The Morgan fingerprint density at radius 2 is 0.925 bits per heavy atom. The predicted molar refractivity (Wildman–Crippen MR) is 261 cm³/mol. The molecule has 0 aromatic rings. The molecule has 0 aromatic heterocycles. The van der Waals surface area contributed by atoms with Crippen molar-refractivity contribution in [3.05, 3.63) is 36.5 Å². The van der Waals surface area contributed by atoms with Crippen molar-refractivity contribution in [2.45, 2.75) is 261 Å². The quantitative estimate of drug-likeness (QED) is 0.0175. The van der Waals surface area contributed by atoms with E-state index in [1.165, 1.54) is 109 Å². The van der Waals surface area contributed by atoms with Gasteiger partial charge in [-0.1, -0.05) is 172 Å². The molecule has 11 unspecified atom stereocenters. The van der Waals surface area contributed by atoms with Gasteiger partial charge in [-0.2, -0.15) is 0 Å². The molecule has 0 bridgehead atoms. The van der Waals surface area contributed by atoms with Gasteiger partial charge in [0.15, 0.2) is 12.6 Å². The van der Waals surface area contributed by atoms with Crippen LogP contribution in [0.5, 0.6) is 0 Å². The number of aliphatic hydroxyl groups is 7. The molecule has 14 nitrogen and oxygen atoms in total. The molecule has 2 aliphatic rings. The molecule has 14 heteroatoms. The third kappa shape index (κ3) is 28.6. The van der Waals surface area contributed by atoms with Gasteiger partial charge in [0, 0.05) is 13.0 Å². The average molecular weight is 957 g/mol. The minimum atomic E-state index is -1.70. The van der Waals surface area contributed by atoms with Crippen molar-refractivity contribution < 1.29 is 69.0 Å². The van der Waals surface area contributed by atoms with Gasteiger partial charge in [0.05, 0.1) is 26.4 Å². The van der Waals surface area contributed by atoms with Gasteiger partial charge in [-0.05, 0) is 51.4 Å². The van der Waals surface area contributed by atoms with Gasteiger partial charge < -0.3 is 64.2 Å². The molecule has 0 aliphatic carbocycles. The highest BCUT2D eigenvalue weighted by Crippen LogP contribution is 2.26. The van der Waals surface area contributed by atoms with Crippen molar-refractivity contribution >= 4 is 5.97 Å². The van der Waals surface area contributed by atoms with Gasteiger partial charge in [-0.15, -0.1) is 0 Å². The summed E-state index contributed by atoms with van der Waals surface area (Å²) in [5.74, 6) is -0.381. The zero-order chi connectivity index (χ0) is 48.7. The SMILES string of the molecule is CCCCCCC/C=C\C/C=C\C/C=C\CCCCCCCCCCCCC(=O)OC(COCCCCCCCCCC)COC1OC(COC2OC(CO)C(O)C(O)C2O)C(O)C(O)C1O. The van der Waals surface area contributed by atoms with E-state index in [1.54, 1.807) is 0 Å². The van der Waals surface area contributed by atoms with Crippen LogP contribution in [0.15, 0.2) is 36.5 Å². The number of hydrogen-bond acceptors (Lipinski definition) is 14. The fourth-order valence-corrected chi connectivity index (χ4v) is 8.29. The second-order valence-corrected chi connectivity index (χ2v) is 18.7. The summed E-state index contributed by atoms with van der Waals surface area (Å²) in [6.45, 7) is 3.65. The van der Waals surface area contributed by atoms with Gasteiger partial charge in [0.2, 0.25) is 0 Å². The third-order valence-electron chi connectivity index (χ3n) is 12.7. The first kappa shape index (κ1) is 61.3. The molecule has 7 N–H and O–H groups in total. The van der Waals surface area contributed by atoms with E-state index in [1.807, 2.05) is 0 Å². The fraction of sp³-hybridized carbons (Fsp3) is 0.868. The van der Waals surface area contributed by atoms with Crippen LogP contribution >= 0.6 is 0 Å². The van der Waals surface area contributed by atoms with Crippen LogP contribution in [0.2, 0.25) is 0 Å². The molecule has 0 spiro atoms. The van der Waals surface area contributed by atoms with Crippen LogP contribution in [0.25, 0.3) is 0 Å². The van der Waals surface area contributed by atoms with E-state index >= 15 is 0 Å². The Hall–Kier alpha value is -1.79. The van der Waals surface area contributed by atoms with Crippen molar-refractivity contribution in [1.82, 2.24) is 0 Å². The minimum absolute atomic E-state index is 0.0613. The van der Waals surface area contributed by atoms with Gasteiger partial charge in [-0.3, -0.25) is 4.79 Å². The largest absolute Gasteiger partial charge is 0.457 e. The van der Waals surface area contributed by atoms with E-state index in [-0.39, 0.29) is 25.6 Å². The zero-order valence-corrected chi connectivity index (χ0v) is 41.6. The van der Waals surface area contributed by atoms with E-state index in [4.69, 9.17) is 28.4 Å². The van der Waals surface area contributed by atoms with E-state index in [9.17, 15) is 40.5 Å². The molecular formula is C53H96O14. The second kappa shape index (κ2) is 40.9. The summed E-state index contributed by atoms with van der Waals surface area (Å²) in [5, 5.41) is 72.0. The molecule has 2 rings (SSSR count). The maximum atomic E-state index is 13.0. The van der Waals surface area contributed by atoms with Gasteiger partial charge in [0.1, 0.15) is 54.9 Å². The van der Waals surface area contributed by atoms with Gasteiger partial charge in [-0.25, -0.2) is 0 Å². The number of aliphatic hydroxyl groups excluding tert-OH is 7. The number of carbonyl (C=O) groups excluding carboxylic acids is 1. The highest BCUT2D eigenvalue weighted by atomic mass is 16.7. The van der Waals surface area contributed by atoms with Crippen LogP contribution in [0.1, 0.15) is 194 Å². The average Bonchev–Trinajstić information content (AvgIpc) is 3.32. The molecule has 2 heterocycles. The van der Waals surface area contributed by atoms with Crippen molar-refractivity contribution in [1.29, 1.82) is 0 Å². The second-order valence-electron chi connectivity index (χ2n) is 18.7. The minimum Gasteiger partial charge on any atom is -0.457 e. The Morgan fingerprint density at radius 1 is 0.493 bits per heavy atom. The molecule has 11 atom stereocenters. The normalized spacial score (nSPS) is 26.3. The number of unbranched alkanes of at least 4 members (excludes halogenated alkanes) is 22. The summed E-state index contributed by atoms with van der Waals surface area (Å²) < 4.78 is 34.2. The molecule has 0 aromatic carbocycles.